The predicted octanol–water partition coefficient (Wildman–Crippen LogP) is 0.971. The summed E-state index contributed by atoms with van der Waals surface area (Å²) in [5.41, 5.74) is 0. The average molecular weight is 450 g/mol. The summed E-state index contributed by atoms with van der Waals surface area (Å²) in [7, 11) is 0. The summed E-state index contributed by atoms with van der Waals surface area (Å²) in [6.07, 6.45) is 1.56. The van der Waals surface area contributed by atoms with Crippen molar-refractivity contribution in [3.63, 3.8) is 0 Å². The van der Waals surface area contributed by atoms with Crippen molar-refractivity contribution >= 4 is 69.4 Å². The lowest BCUT2D eigenvalue weighted by Crippen LogP contribution is -2.16. The molecule has 2 saturated heterocycles. The molecule has 0 spiro atoms. The fourth-order valence-corrected chi connectivity index (χ4v) is 2.06. The van der Waals surface area contributed by atoms with Crippen molar-refractivity contribution in [3.05, 3.63) is 0 Å². The molecule has 6 nitrogen and oxygen atoms in total. The highest BCUT2D eigenvalue weighted by Gasteiger charge is 2.26. The molecule has 0 aromatic carbocycles. The molecule has 0 bridgehead atoms. The van der Waals surface area contributed by atoms with Crippen molar-refractivity contribution in [1.82, 2.24) is 6.23 Å². The molecular formula is C8H8I2N2O4. The lowest BCUT2D eigenvalue weighted by atomic mass is 10.4. The highest BCUT2D eigenvalue weighted by molar-refractivity contribution is 14.1. The van der Waals surface area contributed by atoms with Crippen LogP contribution in [-0.4, -0.2) is 29.9 Å². The Morgan fingerprint density at radius 3 is 0.875 bits per heavy atom. The molecule has 2 fully saturated rings. The van der Waals surface area contributed by atoms with Gasteiger partial charge in [-0.2, -0.15) is 0 Å². The summed E-state index contributed by atoms with van der Waals surface area (Å²) >= 11 is 3.44. The standard InChI is InChI=1S/2C4H4INO2/c2*5-6-3(7)1-2-4(6)8/h2*1-2H2. The van der Waals surface area contributed by atoms with Crippen LogP contribution in [0, 0.1) is 0 Å². The lowest BCUT2D eigenvalue weighted by molar-refractivity contribution is -0.132. The van der Waals surface area contributed by atoms with Crippen LogP contribution in [0.2, 0.25) is 0 Å². The van der Waals surface area contributed by atoms with Crippen molar-refractivity contribution in [1.29, 1.82) is 0 Å². The smallest absolute Gasteiger partial charge is 0.238 e. The molecule has 8 heteroatoms. The number of carbonyl (C=O) groups excluding carboxylic acids is 4. The van der Waals surface area contributed by atoms with E-state index in [2.05, 4.69) is 0 Å². The van der Waals surface area contributed by atoms with Gasteiger partial charge in [-0.05, 0) is 0 Å². The van der Waals surface area contributed by atoms with Gasteiger partial charge in [0.2, 0.25) is 23.6 Å². The third kappa shape index (κ3) is 3.37. The molecule has 0 aliphatic carbocycles. The zero-order valence-electron chi connectivity index (χ0n) is 8.11. The number of rotatable bonds is 0. The maximum atomic E-state index is 10.5. The first-order chi connectivity index (χ1) is 7.43. The molecule has 2 heterocycles. The van der Waals surface area contributed by atoms with Crippen molar-refractivity contribution < 1.29 is 19.2 Å². The molecule has 2 aliphatic heterocycles. The minimum Gasteiger partial charge on any atom is -0.274 e. The molecule has 0 unspecified atom stereocenters. The van der Waals surface area contributed by atoms with E-state index >= 15 is 0 Å². The van der Waals surface area contributed by atoms with Crippen LogP contribution in [0.5, 0.6) is 0 Å². The zero-order valence-corrected chi connectivity index (χ0v) is 12.4. The molecule has 0 aromatic rings. The summed E-state index contributed by atoms with van der Waals surface area (Å²) in [6.45, 7) is 0. The number of hydrogen-bond acceptors (Lipinski definition) is 4. The topological polar surface area (TPSA) is 74.8 Å². The first-order valence-corrected chi connectivity index (χ1v) is 6.39. The molecule has 0 atom stereocenters. The number of carbonyl (C=O) groups is 4. The van der Waals surface area contributed by atoms with Crippen LogP contribution in [0.15, 0.2) is 0 Å². The first-order valence-electron chi connectivity index (χ1n) is 4.46. The van der Waals surface area contributed by atoms with E-state index in [4.69, 9.17) is 0 Å². The Kier molecular flexibility index (Phi) is 5.08. The Hall–Kier alpha value is -0.260. The second kappa shape index (κ2) is 5.89. The molecule has 2 aliphatic rings. The summed E-state index contributed by atoms with van der Waals surface area (Å²) in [5, 5.41) is 0. The third-order valence-corrected chi connectivity index (χ3v) is 4.13. The highest BCUT2D eigenvalue weighted by atomic mass is 127. The maximum Gasteiger partial charge on any atom is 0.238 e. The SMILES string of the molecule is O=C1CCC(=O)N1I.O=C1CCC(=O)N1I. The van der Waals surface area contributed by atoms with Crippen molar-refractivity contribution in [2.45, 2.75) is 25.7 Å². The summed E-state index contributed by atoms with van der Waals surface area (Å²) in [6, 6.07) is 0. The third-order valence-electron chi connectivity index (χ3n) is 1.98. The van der Waals surface area contributed by atoms with Gasteiger partial charge in [-0.1, -0.05) is 0 Å². The van der Waals surface area contributed by atoms with Crippen LogP contribution in [0.4, 0.5) is 0 Å². The number of imide groups is 2. The van der Waals surface area contributed by atoms with Crippen molar-refractivity contribution in [2.75, 3.05) is 0 Å². The molecule has 0 saturated carbocycles. The van der Waals surface area contributed by atoms with Gasteiger partial charge < -0.3 is 0 Å². The number of amides is 4. The Morgan fingerprint density at radius 2 is 0.812 bits per heavy atom. The second-order valence-electron chi connectivity index (χ2n) is 3.14. The van der Waals surface area contributed by atoms with Crippen LogP contribution >= 0.6 is 45.7 Å². The van der Waals surface area contributed by atoms with E-state index in [1.165, 1.54) is 0 Å². The molecule has 0 aromatic heterocycles. The van der Waals surface area contributed by atoms with E-state index in [-0.39, 0.29) is 23.6 Å². The Labute approximate surface area is 120 Å². The summed E-state index contributed by atoms with van der Waals surface area (Å²) in [5.74, 6) is -0.294. The van der Waals surface area contributed by atoms with Crippen LogP contribution in [0.1, 0.15) is 25.7 Å². The minimum atomic E-state index is -0.0735. The average Bonchev–Trinajstić information content (AvgIpc) is 2.70. The summed E-state index contributed by atoms with van der Waals surface area (Å²) < 4.78 is 2.27. The van der Waals surface area contributed by atoms with E-state index in [0.717, 1.165) is 6.23 Å². The van der Waals surface area contributed by atoms with E-state index in [9.17, 15) is 19.2 Å². The monoisotopic (exact) mass is 450 g/mol. The Bertz CT molecular complexity index is 292. The minimum absolute atomic E-state index is 0.0735. The van der Waals surface area contributed by atoms with Gasteiger partial charge in [0, 0.05) is 25.7 Å². The van der Waals surface area contributed by atoms with Gasteiger partial charge in [-0.3, -0.25) is 19.2 Å². The number of nitrogens with zero attached hydrogens (tertiary/aromatic N) is 2. The Balaban J connectivity index is 0.000000160. The van der Waals surface area contributed by atoms with Gasteiger partial charge in [0.15, 0.2) is 0 Å². The van der Waals surface area contributed by atoms with E-state index < -0.39 is 0 Å². The van der Waals surface area contributed by atoms with Crippen LogP contribution in [-0.2, 0) is 19.2 Å². The zero-order chi connectivity index (χ0) is 12.3. The Morgan fingerprint density at radius 1 is 0.625 bits per heavy atom. The lowest BCUT2D eigenvalue weighted by Gasteiger charge is -1.97. The molecule has 4 amide bonds. The molecule has 2 rings (SSSR count). The number of hydrogen-bond donors (Lipinski definition) is 0. The van der Waals surface area contributed by atoms with E-state index in [1.807, 2.05) is 0 Å². The highest BCUT2D eigenvalue weighted by Crippen LogP contribution is 2.15. The normalized spacial score (nSPS) is 20.4. The van der Waals surface area contributed by atoms with Crippen molar-refractivity contribution in [3.8, 4) is 0 Å². The molecular weight excluding hydrogens is 442 g/mol. The van der Waals surface area contributed by atoms with Crippen LogP contribution < -0.4 is 0 Å². The van der Waals surface area contributed by atoms with Gasteiger partial charge in [0.25, 0.3) is 0 Å². The maximum absolute atomic E-state index is 10.5. The van der Waals surface area contributed by atoms with E-state index in [0.29, 0.717) is 25.7 Å². The second-order valence-corrected chi connectivity index (χ2v) is 5.07. The predicted molar refractivity (Wildman–Crippen MR) is 70.2 cm³/mol. The molecule has 16 heavy (non-hydrogen) atoms. The number of halogens is 2. The quantitative estimate of drug-likeness (QED) is 0.314. The van der Waals surface area contributed by atoms with Crippen molar-refractivity contribution in [2.24, 2.45) is 0 Å². The first kappa shape index (κ1) is 13.8. The van der Waals surface area contributed by atoms with Gasteiger partial charge in [0.1, 0.15) is 0 Å². The van der Waals surface area contributed by atoms with Gasteiger partial charge in [0.05, 0.1) is 45.7 Å². The molecule has 88 valence electrons. The molecule has 0 radical (unpaired) electrons. The van der Waals surface area contributed by atoms with Gasteiger partial charge in [-0.25, -0.2) is 6.23 Å². The molecule has 0 N–H and O–H groups in total. The fraction of sp³-hybridized carbons (Fsp3) is 0.500. The largest absolute Gasteiger partial charge is 0.274 e. The van der Waals surface area contributed by atoms with Gasteiger partial charge >= 0.3 is 0 Å². The van der Waals surface area contributed by atoms with Gasteiger partial charge in [-0.15, -0.1) is 0 Å². The van der Waals surface area contributed by atoms with Crippen LogP contribution in [0.25, 0.3) is 0 Å². The van der Waals surface area contributed by atoms with Crippen LogP contribution in [0.3, 0.4) is 0 Å². The van der Waals surface area contributed by atoms with E-state index in [1.54, 1.807) is 45.7 Å². The summed E-state index contributed by atoms with van der Waals surface area (Å²) in [4.78, 5) is 41.9. The fourth-order valence-electron chi connectivity index (χ4n) is 1.10.